The van der Waals surface area contributed by atoms with Crippen LogP contribution in [0.3, 0.4) is 0 Å². The van der Waals surface area contributed by atoms with E-state index in [1.54, 1.807) is 11.8 Å². The van der Waals surface area contributed by atoms with Gasteiger partial charge in [-0.3, -0.25) is 0 Å². The first kappa shape index (κ1) is 11.6. The summed E-state index contributed by atoms with van der Waals surface area (Å²) in [5.74, 6) is 0.858. The molecule has 0 saturated heterocycles. The zero-order valence-electron chi connectivity index (χ0n) is 9.06. The molecule has 1 aromatic carbocycles. The minimum absolute atomic E-state index is 0.824. The number of aryl methyl sites for hydroxylation is 1. The lowest BCUT2D eigenvalue weighted by atomic mass is 10.2. The minimum atomic E-state index is 0.824. The highest BCUT2D eigenvalue weighted by Crippen LogP contribution is 2.25. The third-order valence-corrected chi connectivity index (χ3v) is 3.75. The van der Waals surface area contributed by atoms with Crippen molar-refractivity contribution in [2.75, 3.05) is 0 Å². The molecule has 0 amide bonds. The fourth-order valence-electron chi connectivity index (χ4n) is 1.43. The van der Waals surface area contributed by atoms with E-state index in [-0.39, 0.29) is 0 Å². The molecular formula is C12H13ClN2S. The van der Waals surface area contributed by atoms with Crippen LogP contribution in [0, 0.1) is 0 Å². The van der Waals surface area contributed by atoms with Gasteiger partial charge in [0.1, 0.15) is 0 Å². The third-order valence-electron chi connectivity index (χ3n) is 2.33. The average molecular weight is 253 g/mol. The first-order valence-electron chi connectivity index (χ1n) is 5.18. The van der Waals surface area contributed by atoms with Crippen LogP contribution in [0.5, 0.6) is 0 Å². The van der Waals surface area contributed by atoms with Crippen molar-refractivity contribution in [3.8, 4) is 0 Å². The van der Waals surface area contributed by atoms with Crippen LogP contribution in [0.1, 0.15) is 12.5 Å². The largest absolute Gasteiger partial charge is 0.326 e. The van der Waals surface area contributed by atoms with E-state index in [1.165, 1.54) is 0 Å². The van der Waals surface area contributed by atoms with Crippen molar-refractivity contribution in [3.05, 3.63) is 47.2 Å². The van der Waals surface area contributed by atoms with Gasteiger partial charge < -0.3 is 4.57 Å². The number of hydrogen-bond acceptors (Lipinski definition) is 2. The van der Waals surface area contributed by atoms with E-state index in [4.69, 9.17) is 11.6 Å². The van der Waals surface area contributed by atoms with Gasteiger partial charge in [-0.15, -0.1) is 0 Å². The summed E-state index contributed by atoms with van der Waals surface area (Å²) in [6.07, 6.45) is 3.83. The van der Waals surface area contributed by atoms with Crippen LogP contribution < -0.4 is 0 Å². The van der Waals surface area contributed by atoms with Crippen LogP contribution in [0.4, 0.5) is 0 Å². The fraction of sp³-hybridized carbons (Fsp3) is 0.250. The molecule has 84 valence electrons. The van der Waals surface area contributed by atoms with E-state index in [0.717, 1.165) is 28.0 Å². The van der Waals surface area contributed by atoms with Gasteiger partial charge in [0.05, 0.1) is 0 Å². The topological polar surface area (TPSA) is 17.8 Å². The second-order valence-corrected chi connectivity index (χ2v) is 4.73. The number of hydrogen-bond donors (Lipinski definition) is 0. The normalized spacial score (nSPS) is 10.6. The molecule has 0 spiro atoms. The van der Waals surface area contributed by atoms with E-state index in [9.17, 15) is 0 Å². The lowest BCUT2D eigenvalue weighted by Crippen LogP contribution is -1.94. The molecular weight excluding hydrogens is 240 g/mol. The van der Waals surface area contributed by atoms with Gasteiger partial charge in [0, 0.05) is 29.7 Å². The molecule has 0 atom stereocenters. The van der Waals surface area contributed by atoms with E-state index >= 15 is 0 Å². The van der Waals surface area contributed by atoms with Gasteiger partial charge in [0.2, 0.25) is 0 Å². The maximum Gasteiger partial charge on any atom is 0.168 e. The van der Waals surface area contributed by atoms with E-state index in [0.29, 0.717) is 0 Å². The Morgan fingerprint density at radius 2 is 2.19 bits per heavy atom. The van der Waals surface area contributed by atoms with Gasteiger partial charge in [-0.1, -0.05) is 41.6 Å². The summed E-state index contributed by atoms with van der Waals surface area (Å²) in [6, 6.07) is 7.93. The SMILES string of the molecule is CCn1ccnc1SCc1ccccc1Cl. The predicted octanol–water partition coefficient (Wildman–Crippen LogP) is 3.85. The standard InChI is InChI=1S/C12H13ClN2S/c1-2-15-8-7-14-12(15)16-9-10-5-3-4-6-11(10)13/h3-8H,2,9H2,1H3. The van der Waals surface area contributed by atoms with E-state index < -0.39 is 0 Å². The number of halogens is 1. The highest BCUT2D eigenvalue weighted by Gasteiger charge is 2.04. The van der Waals surface area contributed by atoms with Gasteiger partial charge in [-0.25, -0.2) is 4.98 Å². The lowest BCUT2D eigenvalue weighted by Gasteiger charge is -2.05. The molecule has 16 heavy (non-hydrogen) atoms. The van der Waals surface area contributed by atoms with Gasteiger partial charge in [0.25, 0.3) is 0 Å². The molecule has 0 N–H and O–H groups in total. The van der Waals surface area contributed by atoms with Crippen molar-refractivity contribution < 1.29 is 0 Å². The third kappa shape index (κ3) is 2.60. The highest BCUT2D eigenvalue weighted by atomic mass is 35.5. The Hall–Kier alpha value is -0.930. The molecule has 1 heterocycles. The van der Waals surface area contributed by atoms with Crippen molar-refractivity contribution in [3.63, 3.8) is 0 Å². The average Bonchev–Trinajstić information content (AvgIpc) is 2.75. The smallest absolute Gasteiger partial charge is 0.168 e. The van der Waals surface area contributed by atoms with Crippen LogP contribution in [-0.2, 0) is 12.3 Å². The molecule has 0 unspecified atom stereocenters. The van der Waals surface area contributed by atoms with Crippen LogP contribution in [-0.4, -0.2) is 9.55 Å². The Morgan fingerprint density at radius 3 is 2.94 bits per heavy atom. The molecule has 0 aliphatic heterocycles. The van der Waals surface area contributed by atoms with E-state index in [2.05, 4.69) is 22.5 Å². The van der Waals surface area contributed by atoms with Crippen molar-refractivity contribution in [1.82, 2.24) is 9.55 Å². The van der Waals surface area contributed by atoms with Crippen molar-refractivity contribution in [1.29, 1.82) is 0 Å². The summed E-state index contributed by atoms with van der Waals surface area (Å²) in [5, 5.41) is 1.87. The first-order valence-corrected chi connectivity index (χ1v) is 6.55. The molecule has 2 nitrogen and oxygen atoms in total. The van der Waals surface area contributed by atoms with Crippen LogP contribution in [0.15, 0.2) is 41.8 Å². The molecule has 0 radical (unpaired) electrons. The molecule has 0 aliphatic carbocycles. The molecule has 2 aromatic rings. The number of rotatable bonds is 4. The molecule has 1 aromatic heterocycles. The zero-order valence-corrected chi connectivity index (χ0v) is 10.6. The number of imidazole rings is 1. The zero-order chi connectivity index (χ0) is 11.4. The van der Waals surface area contributed by atoms with Gasteiger partial charge in [-0.05, 0) is 18.6 Å². The predicted molar refractivity (Wildman–Crippen MR) is 68.9 cm³/mol. The maximum atomic E-state index is 6.10. The lowest BCUT2D eigenvalue weighted by molar-refractivity contribution is 0.681. The van der Waals surface area contributed by atoms with Crippen LogP contribution in [0.2, 0.25) is 5.02 Å². The quantitative estimate of drug-likeness (QED) is 0.770. The molecule has 2 rings (SSSR count). The van der Waals surface area contributed by atoms with Gasteiger partial charge in [0.15, 0.2) is 5.16 Å². The number of benzene rings is 1. The fourth-order valence-corrected chi connectivity index (χ4v) is 2.74. The molecule has 0 saturated carbocycles. The maximum absolute atomic E-state index is 6.10. The molecule has 4 heteroatoms. The molecule has 0 bridgehead atoms. The Balaban J connectivity index is 2.05. The second kappa shape index (κ2) is 5.41. The Morgan fingerprint density at radius 1 is 1.38 bits per heavy atom. The van der Waals surface area contributed by atoms with Crippen LogP contribution >= 0.6 is 23.4 Å². The van der Waals surface area contributed by atoms with E-state index in [1.807, 2.05) is 30.6 Å². The summed E-state index contributed by atoms with van der Waals surface area (Å²) in [6.45, 7) is 3.06. The summed E-state index contributed by atoms with van der Waals surface area (Å²) < 4.78 is 2.13. The Labute approximate surface area is 105 Å². The second-order valence-electron chi connectivity index (χ2n) is 3.38. The Kier molecular flexibility index (Phi) is 3.91. The van der Waals surface area contributed by atoms with Crippen molar-refractivity contribution in [2.45, 2.75) is 24.4 Å². The molecule has 0 aliphatic rings. The van der Waals surface area contributed by atoms with Gasteiger partial charge >= 0.3 is 0 Å². The summed E-state index contributed by atoms with van der Waals surface area (Å²) >= 11 is 7.81. The first-order chi connectivity index (χ1) is 7.81. The number of nitrogens with zero attached hydrogens (tertiary/aromatic N) is 2. The van der Waals surface area contributed by atoms with Crippen LogP contribution in [0.25, 0.3) is 0 Å². The van der Waals surface area contributed by atoms with Crippen molar-refractivity contribution >= 4 is 23.4 Å². The Bertz CT molecular complexity index is 468. The summed E-state index contributed by atoms with van der Waals surface area (Å²) in [5.41, 5.74) is 1.15. The number of thioether (sulfide) groups is 1. The monoisotopic (exact) mass is 252 g/mol. The minimum Gasteiger partial charge on any atom is -0.326 e. The van der Waals surface area contributed by atoms with Crippen molar-refractivity contribution in [2.24, 2.45) is 0 Å². The highest BCUT2D eigenvalue weighted by molar-refractivity contribution is 7.98. The van der Waals surface area contributed by atoms with Gasteiger partial charge in [-0.2, -0.15) is 0 Å². The molecule has 0 fully saturated rings. The summed E-state index contributed by atoms with van der Waals surface area (Å²) in [4.78, 5) is 4.31. The number of aromatic nitrogens is 2. The summed E-state index contributed by atoms with van der Waals surface area (Å²) in [7, 11) is 0.